The third-order valence-corrected chi connectivity index (χ3v) is 2.29. The number of rotatable bonds is 3. The maximum atomic E-state index is 11.6. The fraction of sp³-hybridized carbons (Fsp3) is 0.0833. The van der Waals surface area contributed by atoms with Crippen LogP contribution in [-0.2, 0) is 11.3 Å². The van der Waals surface area contributed by atoms with Crippen LogP contribution >= 0.6 is 0 Å². The van der Waals surface area contributed by atoms with E-state index in [2.05, 4.69) is 20.9 Å². The number of nitriles is 1. The Morgan fingerprint density at radius 2 is 2.00 bits per heavy atom. The fourth-order valence-electron chi connectivity index (χ4n) is 1.40. The van der Waals surface area contributed by atoms with Crippen molar-refractivity contribution in [2.75, 3.05) is 0 Å². The number of nitrogens with zero attached hydrogens (tertiary/aromatic N) is 4. The molecule has 1 heterocycles. The first kappa shape index (κ1) is 13.2. The lowest BCUT2D eigenvalue weighted by molar-refractivity contribution is -0.122. The molecule has 0 atom stereocenters. The van der Waals surface area contributed by atoms with Crippen molar-refractivity contribution < 1.29 is 9.59 Å². The number of nitrogens with one attached hydrogen (secondary N) is 2. The first-order chi connectivity index (χ1) is 9.69. The van der Waals surface area contributed by atoms with Crippen molar-refractivity contribution in [1.29, 1.82) is 5.26 Å². The summed E-state index contributed by atoms with van der Waals surface area (Å²) in [6, 6.07) is 10.2. The van der Waals surface area contributed by atoms with Gasteiger partial charge in [-0.15, -0.1) is 5.10 Å². The van der Waals surface area contributed by atoms with E-state index in [0.29, 0.717) is 5.56 Å². The molecule has 8 heteroatoms. The van der Waals surface area contributed by atoms with Gasteiger partial charge in [0.15, 0.2) is 0 Å². The van der Waals surface area contributed by atoms with Gasteiger partial charge in [-0.2, -0.15) is 5.26 Å². The summed E-state index contributed by atoms with van der Waals surface area (Å²) >= 11 is 0. The van der Waals surface area contributed by atoms with Gasteiger partial charge in [-0.05, 0) is 12.1 Å². The second-order valence-corrected chi connectivity index (χ2v) is 3.75. The summed E-state index contributed by atoms with van der Waals surface area (Å²) in [5, 5.41) is 12.3. The maximum Gasteiger partial charge on any atom is 0.269 e. The van der Waals surface area contributed by atoms with Crippen molar-refractivity contribution in [3.8, 4) is 6.07 Å². The van der Waals surface area contributed by atoms with Gasteiger partial charge in [0.05, 0.1) is 0 Å². The zero-order valence-electron chi connectivity index (χ0n) is 10.3. The van der Waals surface area contributed by atoms with Crippen LogP contribution in [0.3, 0.4) is 0 Å². The molecule has 0 unspecified atom stereocenters. The van der Waals surface area contributed by atoms with Crippen molar-refractivity contribution in [3.63, 3.8) is 0 Å². The molecular formula is C12H10N6O2. The highest BCUT2D eigenvalue weighted by Crippen LogP contribution is 1.96. The molecule has 1 aromatic heterocycles. The van der Waals surface area contributed by atoms with Crippen LogP contribution in [0.4, 0.5) is 0 Å². The van der Waals surface area contributed by atoms with Crippen molar-refractivity contribution >= 4 is 11.8 Å². The lowest BCUT2D eigenvalue weighted by Crippen LogP contribution is -2.43. The van der Waals surface area contributed by atoms with Crippen LogP contribution in [0, 0.1) is 11.3 Å². The molecule has 0 aliphatic heterocycles. The van der Waals surface area contributed by atoms with Gasteiger partial charge < -0.3 is 0 Å². The lowest BCUT2D eigenvalue weighted by atomic mass is 10.2. The molecule has 2 aromatic rings. The lowest BCUT2D eigenvalue weighted by Gasteiger charge is -2.06. The minimum atomic E-state index is -0.483. The van der Waals surface area contributed by atoms with Crippen LogP contribution in [0.25, 0.3) is 0 Å². The molecular weight excluding hydrogens is 260 g/mol. The number of aromatic nitrogens is 3. The van der Waals surface area contributed by atoms with E-state index < -0.39 is 11.8 Å². The Morgan fingerprint density at radius 1 is 1.25 bits per heavy atom. The zero-order chi connectivity index (χ0) is 14.4. The first-order valence-corrected chi connectivity index (χ1v) is 5.63. The van der Waals surface area contributed by atoms with Crippen LogP contribution in [-0.4, -0.2) is 26.6 Å². The molecule has 20 heavy (non-hydrogen) atoms. The predicted molar refractivity (Wildman–Crippen MR) is 66.8 cm³/mol. The van der Waals surface area contributed by atoms with Crippen LogP contribution in [0.15, 0.2) is 36.7 Å². The average molecular weight is 270 g/mol. The summed E-state index contributed by atoms with van der Waals surface area (Å²) < 4.78 is 1.20. The molecule has 0 bridgehead atoms. The standard InChI is InChI=1S/C12H10N6O2/c13-6-10-14-8-18(17-10)7-11(19)15-16-12(20)9-4-2-1-3-5-9/h1-5,8H,7H2,(H,15,19)(H,16,20). The summed E-state index contributed by atoms with van der Waals surface area (Å²) in [5.41, 5.74) is 4.95. The minimum absolute atomic E-state index is 0.0221. The summed E-state index contributed by atoms with van der Waals surface area (Å²) in [6.07, 6.45) is 1.26. The summed E-state index contributed by atoms with van der Waals surface area (Å²) in [4.78, 5) is 26.9. The highest BCUT2D eigenvalue weighted by Gasteiger charge is 2.08. The fourth-order valence-corrected chi connectivity index (χ4v) is 1.40. The molecule has 2 N–H and O–H groups in total. The Morgan fingerprint density at radius 3 is 2.65 bits per heavy atom. The third-order valence-electron chi connectivity index (χ3n) is 2.29. The van der Waals surface area contributed by atoms with Crippen LogP contribution < -0.4 is 10.9 Å². The Bertz CT molecular complexity index is 658. The molecule has 2 rings (SSSR count). The molecule has 0 saturated heterocycles. The summed E-state index contributed by atoms with van der Waals surface area (Å²) in [5.74, 6) is -0.926. The predicted octanol–water partition coefficient (Wildman–Crippen LogP) is -0.389. The number of hydrazine groups is 1. The van der Waals surface area contributed by atoms with Gasteiger partial charge >= 0.3 is 0 Å². The van der Waals surface area contributed by atoms with Gasteiger partial charge in [-0.25, -0.2) is 9.67 Å². The number of carbonyl (C=O) groups is 2. The molecule has 0 aliphatic carbocycles. The second kappa shape index (κ2) is 6.10. The highest BCUT2D eigenvalue weighted by atomic mass is 16.2. The SMILES string of the molecule is N#Cc1ncn(CC(=O)NNC(=O)c2ccccc2)n1. The molecule has 100 valence electrons. The van der Waals surface area contributed by atoms with E-state index in [1.165, 1.54) is 11.0 Å². The normalized spacial score (nSPS) is 9.55. The quantitative estimate of drug-likeness (QED) is 0.737. The molecule has 0 saturated carbocycles. The molecule has 0 aliphatic rings. The number of hydrogen-bond donors (Lipinski definition) is 2. The maximum absolute atomic E-state index is 11.6. The van der Waals surface area contributed by atoms with E-state index in [4.69, 9.17) is 5.26 Å². The van der Waals surface area contributed by atoms with Crippen molar-refractivity contribution in [2.24, 2.45) is 0 Å². The van der Waals surface area contributed by atoms with E-state index in [0.717, 1.165) is 0 Å². The Labute approximate surface area is 114 Å². The van der Waals surface area contributed by atoms with Gasteiger partial charge in [0.2, 0.25) is 0 Å². The third kappa shape index (κ3) is 3.39. The van der Waals surface area contributed by atoms with E-state index in [1.54, 1.807) is 36.4 Å². The van der Waals surface area contributed by atoms with E-state index in [-0.39, 0.29) is 12.4 Å². The highest BCUT2D eigenvalue weighted by molar-refractivity contribution is 5.95. The molecule has 2 amide bonds. The number of carbonyl (C=O) groups excluding carboxylic acids is 2. The van der Waals surface area contributed by atoms with Gasteiger partial charge in [0, 0.05) is 5.56 Å². The average Bonchev–Trinajstić information content (AvgIpc) is 2.93. The molecule has 0 radical (unpaired) electrons. The zero-order valence-corrected chi connectivity index (χ0v) is 10.3. The number of hydrogen-bond acceptors (Lipinski definition) is 5. The Balaban J connectivity index is 1.84. The smallest absolute Gasteiger partial charge is 0.269 e. The topological polar surface area (TPSA) is 113 Å². The molecule has 0 spiro atoms. The van der Waals surface area contributed by atoms with E-state index in [9.17, 15) is 9.59 Å². The van der Waals surface area contributed by atoms with Crippen LogP contribution in [0.1, 0.15) is 16.2 Å². The summed E-state index contributed by atoms with van der Waals surface area (Å²) in [6.45, 7) is -0.149. The van der Waals surface area contributed by atoms with Gasteiger partial charge in [0.1, 0.15) is 18.9 Å². The van der Waals surface area contributed by atoms with E-state index in [1.807, 2.05) is 0 Å². The molecule has 0 fully saturated rings. The van der Waals surface area contributed by atoms with Crippen molar-refractivity contribution in [2.45, 2.75) is 6.54 Å². The van der Waals surface area contributed by atoms with Gasteiger partial charge in [-0.1, -0.05) is 18.2 Å². The van der Waals surface area contributed by atoms with Crippen LogP contribution in [0.5, 0.6) is 0 Å². The monoisotopic (exact) mass is 270 g/mol. The molecule has 8 nitrogen and oxygen atoms in total. The Kier molecular flexibility index (Phi) is 4.04. The Hall–Kier alpha value is -3.21. The van der Waals surface area contributed by atoms with Crippen molar-refractivity contribution in [3.05, 3.63) is 48.0 Å². The summed E-state index contributed by atoms with van der Waals surface area (Å²) in [7, 11) is 0. The molecule has 1 aromatic carbocycles. The first-order valence-electron chi connectivity index (χ1n) is 5.63. The largest absolute Gasteiger partial charge is 0.271 e. The van der Waals surface area contributed by atoms with Crippen LogP contribution in [0.2, 0.25) is 0 Å². The minimum Gasteiger partial charge on any atom is -0.271 e. The van der Waals surface area contributed by atoms with Gasteiger partial charge in [-0.3, -0.25) is 20.4 Å². The van der Waals surface area contributed by atoms with E-state index >= 15 is 0 Å². The van der Waals surface area contributed by atoms with Crippen molar-refractivity contribution in [1.82, 2.24) is 25.6 Å². The number of amides is 2. The number of benzene rings is 1. The van der Waals surface area contributed by atoms with Gasteiger partial charge in [0.25, 0.3) is 17.6 Å². The second-order valence-electron chi connectivity index (χ2n) is 3.75.